The largest absolute Gasteiger partial charge is 0.395 e. The highest BCUT2D eigenvalue weighted by molar-refractivity contribution is 7.14. The van der Waals surface area contributed by atoms with Gasteiger partial charge in [-0.2, -0.15) is 0 Å². The summed E-state index contributed by atoms with van der Waals surface area (Å²) in [6, 6.07) is 3.47. The zero-order chi connectivity index (χ0) is 15.0. The molecule has 0 saturated carbocycles. The number of hydrogen-bond donors (Lipinski definition) is 3. The van der Waals surface area contributed by atoms with E-state index in [1.165, 1.54) is 11.3 Å². The van der Waals surface area contributed by atoms with E-state index < -0.39 is 0 Å². The summed E-state index contributed by atoms with van der Waals surface area (Å²) >= 11 is 1.26. The Morgan fingerprint density at radius 2 is 2.15 bits per heavy atom. The first-order valence-electron chi connectivity index (χ1n) is 6.30. The highest BCUT2D eigenvalue weighted by Gasteiger charge is 2.10. The van der Waals surface area contributed by atoms with Crippen LogP contribution in [0.1, 0.15) is 34.8 Å². The lowest BCUT2D eigenvalue weighted by atomic mass is 10.3. The molecule has 1 aromatic rings. The van der Waals surface area contributed by atoms with Gasteiger partial charge in [0.2, 0.25) is 5.91 Å². The van der Waals surface area contributed by atoms with Gasteiger partial charge in [0.15, 0.2) is 0 Å². The van der Waals surface area contributed by atoms with Crippen molar-refractivity contribution in [1.29, 1.82) is 0 Å². The van der Waals surface area contributed by atoms with Crippen LogP contribution in [0, 0.1) is 11.8 Å². The van der Waals surface area contributed by atoms with E-state index in [9.17, 15) is 9.59 Å². The predicted octanol–water partition coefficient (Wildman–Crippen LogP) is 0.736. The molecule has 5 nitrogen and oxygen atoms in total. The molecule has 0 aromatic carbocycles. The summed E-state index contributed by atoms with van der Waals surface area (Å²) in [6.45, 7) is 3.70. The van der Waals surface area contributed by atoms with Crippen LogP contribution in [0.15, 0.2) is 12.1 Å². The average molecular weight is 294 g/mol. The Morgan fingerprint density at radius 1 is 1.40 bits per heavy atom. The van der Waals surface area contributed by atoms with E-state index in [1.807, 2.05) is 13.8 Å². The van der Waals surface area contributed by atoms with Crippen LogP contribution in [0.4, 0.5) is 0 Å². The highest BCUT2D eigenvalue weighted by atomic mass is 32.1. The SMILES string of the molecule is CC(C)NC(=O)CNC(=O)c1ccc(C#CCCO)s1. The zero-order valence-electron chi connectivity index (χ0n) is 11.5. The third kappa shape index (κ3) is 5.87. The predicted molar refractivity (Wildman–Crippen MR) is 78.5 cm³/mol. The van der Waals surface area contributed by atoms with Gasteiger partial charge in [-0.3, -0.25) is 9.59 Å². The second kappa shape index (κ2) is 8.35. The molecule has 0 aliphatic carbocycles. The van der Waals surface area contributed by atoms with E-state index in [2.05, 4.69) is 22.5 Å². The number of hydrogen-bond acceptors (Lipinski definition) is 4. The Balaban J connectivity index is 2.48. The number of thiophene rings is 1. The van der Waals surface area contributed by atoms with Crippen molar-refractivity contribution in [3.05, 3.63) is 21.9 Å². The Hall–Kier alpha value is -1.84. The molecule has 2 amide bonds. The van der Waals surface area contributed by atoms with Gasteiger partial charge in [0.05, 0.1) is 22.9 Å². The molecule has 0 aliphatic rings. The van der Waals surface area contributed by atoms with Crippen molar-refractivity contribution in [2.45, 2.75) is 26.3 Å². The molecule has 3 N–H and O–H groups in total. The second-order valence-electron chi connectivity index (χ2n) is 4.34. The number of aliphatic hydroxyl groups excluding tert-OH is 1. The van der Waals surface area contributed by atoms with E-state index >= 15 is 0 Å². The quantitative estimate of drug-likeness (QED) is 0.701. The van der Waals surface area contributed by atoms with Crippen molar-refractivity contribution in [3.8, 4) is 11.8 Å². The first-order valence-corrected chi connectivity index (χ1v) is 7.11. The Kier molecular flexibility index (Phi) is 6.77. The van der Waals surface area contributed by atoms with Crippen LogP contribution in [0.25, 0.3) is 0 Å². The van der Waals surface area contributed by atoms with Crippen LogP contribution in [-0.2, 0) is 4.79 Å². The van der Waals surface area contributed by atoms with Crippen molar-refractivity contribution in [2.24, 2.45) is 0 Å². The summed E-state index contributed by atoms with van der Waals surface area (Å²) in [5.41, 5.74) is 0. The van der Waals surface area contributed by atoms with Gasteiger partial charge >= 0.3 is 0 Å². The molecular weight excluding hydrogens is 276 g/mol. The lowest BCUT2D eigenvalue weighted by Crippen LogP contribution is -2.39. The Bertz CT molecular complexity index is 526. The number of nitrogens with one attached hydrogen (secondary N) is 2. The van der Waals surface area contributed by atoms with E-state index in [-0.39, 0.29) is 31.0 Å². The maximum atomic E-state index is 11.8. The van der Waals surface area contributed by atoms with Crippen molar-refractivity contribution in [3.63, 3.8) is 0 Å². The van der Waals surface area contributed by atoms with Crippen LogP contribution in [0.3, 0.4) is 0 Å². The van der Waals surface area contributed by atoms with Crippen molar-refractivity contribution in [2.75, 3.05) is 13.2 Å². The molecule has 1 aromatic heterocycles. The lowest BCUT2D eigenvalue weighted by molar-refractivity contribution is -0.120. The molecule has 0 spiro atoms. The summed E-state index contributed by atoms with van der Waals surface area (Å²) in [7, 11) is 0. The molecule has 1 rings (SSSR count). The van der Waals surface area contributed by atoms with Crippen molar-refractivity contribution >= 4 is 23.2 Å². The fourth-order valence-electron chi connectivity index (χ4n) is 1.35. The van der Waals surface area contributed by atoms with Gasteiger partial charge in [-0.1, -0.05) is 11.8 Å². The van der Waals surface area contributed by atoms with E-state index in [1.54, 1.807) is 12.1 Å². The fraction of sp³-hybridized carbons (Fsp3) is 0.429. The molecule has 0 unspecified atom stereocenters. The molecule has 0 bridgehead atoms. The maximum Gasteiger partial charge on any atom is 0.261 e. The van der Waals surface area contributed by atoms with Gasteiger partial charge in [-0.25, -0.2) is 0 Å². The summed E-state index contributed by atoms with van der Waals surface area (Å²) in [6.07, 6.45) is 0.412. The van der Waals surface area contributed by atoms with Crippen LogP contribution in [0.5, 0.6) is 0 Å². The molecule has 20 heavy (non-hydrogen) atoms. The molecule has 0 atom stereocenters. The lowest BCUT2D eigenvalue weighted by Gasteiger charge is -2.08. The number of rotatable bonds is 5. The monoisotopic (exact) mass is 294 g/mol. The summed E-state index contributed by atoms with van der Waals surface area (Å²) < 4.78 is 0. The average Bonchev–Trinajstić information content (AvgIpc) is 2.84. The minimum atomic E-state index is -0.288. The Morgan fingerprint density at radius 3 is 2.80 bits per heavy atom. The van der Waals surface area contributed by atoms with Gasteiger partial charge in [0.1, 0.15) is 0 Å². The molecule has 0 radical (unpaired) electrons. The summed E-state index contributed by atoms with van der Waals surface area (Å²) in [4.78, 5) is 24.5. The molecular formula is C14H18N2O3S. The summed E-state index contributed by atoms with van der Waals surface area (Å²) in [5.74, 6) is 5.15. The van der Waals surface area contributed by atoms with Crippen LogP contribution >= 0.6 is 11.3 Å². The normalized spacial score (nSPS) is 9.80. The van der Waals surface area contributed by atoms with Gasteiger partial charge in [0, 0.05) is 12.5 Å². The smallest absolute Gasteiger partial charge is 0.261 e. The maximum absolute atomic E-state index is 11.8. The van der Waals surface area contributed by atoms with Gasteiger partial charge in [0.25, 0.3) is 5.91 Å². The third-order valence-corrected chi connectivity index (χ3v) is 3.14. The number of amides is 2. The van der Waals surface area contributed by atoms with E-state index in [0.29, 0.717) is 11.3 Å². The van der Waals surface area contributed by atoms with E-state index in [4.69, 9.17) is 5.11 Å². The van der Waals surface area contributed by atoms with Gasteiger partial charge in [-0.15, -0.1) is 11.3 Å². The van der Waals surface area contributed by atoms with Crippen LogP contribution in [-0.4, -0.2) is 36.1 Å². The Labute approximate surface area is 122 Å². The van der Waals surface area contributed by atoms with E-state index in [0.717, 1.165) is 4.88 Å². The van der Waals surface area contributed by atoms with Gasteiger partial charge in [-0.05, 0) is 26.0 Å². The summed E-state index contributed by atoms with van der Waals surface area (Å²) in [5, 5.41) is 13.9. The minimum absolute atomic E-state index is 0.0245. The minimum Gasteiger partial charge on any atom is -0.395 e. The molecule has 108 valence electrons. The molecule has 0 fully saturated rings. The molecule has 1 heterocycles. The standard InChI is InChI=1S/C14H18N2O3S/c1-10(2)16-13(18)9-15-14(19)12-7-6-11(20-12)5-3-4-8-17/h6-7,10,17H,4,8-9H2,1-2H3,(H,15,19)(H,16,18). The first kappa shape index (κ1) is 16.2. The number of carbonyl (C=O) groups is 2. The van der Waals surface area contributed by atoms with Gasteiger partial charge < -0.3 is 15.7 Å². The molecule has 6 heteroatoms. The third-order valence-electron chi connectivity index (χ3n) is 2.14. The fourth-order valence-corrected chi connectivity index (χ4v) is 2.15. The second-order valence-corrected chi connectivity index (χ2v) is 5.43. The molecule has 0 aliphatic heterocycles. The van der Waals surface area contributed by atoms with Crippen molar-refractivity contribution in [1.82, 2.24) is 10.6 Å². The highest BCUT2D eigenvalue weighted by Crippen LogP contribution is 2.15. The number of aliphatic hydroxyl groups is 1. The zero-order valence-corrected chi connectivity index (χ0v) is 12.3. The number of carbonyl (C=O) groups excluding carboxylic acids is 2. The van der Waals surface area contributed by atoms with Crippen LogP contribution < -0.4 is 10.6 Å². The van der Waals surface area contributed by atoms with Crippen LogP contribution in [0.2, 0.25) is 0 Å². The topological polar surface area (TPSA) is 78.4 Å². The van der Waals surface area contributed by atoms with Crippen molar-refractivity contribution < 1.29 is 14.7 Å². The first-order chi connectivity index (χ1) is 9.52. The molecule has 0 saturated heterocycles.